The molecule has 0 rings (SSSR count). The Kier molecular flexibility index (Phi) is 22.5. The molecule has 0 aromatic carbocycles. The molecule has 0 aliphatic heterocycles. The molecular formula is C5H13NaO. The summed E-state index contributed by atoms with van der Waals surface area (Å²) in [5.41, 5.74) is 0. The zero-order valence-corrected chi connectivity index (χ0v) is 7.71. The standard InChI is InChI=1S/C5H11.Na.H2O/c1-4-5(2)3;;/h4H2,1-3H3;;1H2/q-1;+1;. The predicted octanol–water partition coefficient (Wildman–Crippen LogP) is -1.81. The molecule has 0 aromatic rings. The van der Waals surface area contributed by atoms with Gasteiger partial charge in [0.1, 0.15) is 0 Å². The SMILES string of the molecule is CC[C-](C)C.O.[Na+]. The van der Waals surface area contributed by atoms with E-state index in [4.69, 9.17) is 0 Å². The summed E-state index contributed by atoms with van der Waals surface area (Å²) in [5.74, 6) is 1.50. The van der Waals surface area contributed by atoms with Crippen molar-refractivity contribution in [3.05, 3.63) is 5.92 Å². The van der Waals surface area contributed by atoms with Crippen LogP contribution in [0.5, 0.6) is 0 Å². The van der Waals surface area contributed by atoms with Gasteiger partial charge in [-0.05, 0) is 0 Å². The Morgan fingerprint density at radius 2 is 1.43 bits per heavy atom. The Morgan fingerprint density at radius 1 is 1.29 bits per heavy atom. The first kappa shape index (κ1) is 15.7. The Balaban J connectivity index is -0.0000000800. The van der Waals surface area contributed by atoms with Gasteiger partial charge in [0.2, 0.25) is 0 Å². The molecule has 0 aliphatic carbocycles. The van der Waals surface area contributed by atoms with Crippen molar-refractivity contribution in [3.8, 4) is 0 Å². The minimum absolute atomic E-state index is 0. The Hall–Kier alpha value is 0.960. The summed E-state index contributed by atoms with van der Waals surface area (Å²) in [7, 11) is 0. The van der Waals surface area contributed by atoms with Gasteiger partial charge in [0, 0.05) is 0 Å². The van der Waals surface area contributed by atoms with Crippen molar-refractivity contribution in [1.29, 1.82) is 0 Å². The third-order valence-electron chi connectivity index (χ3n) is 0.707. The fourth-order valence-corrected chi connectivity index (χ4v) is 0. The molecule has 2 N–H and O–H groups in total. The second-order valence-electron chi connectivity index (χ2n) is 1.56. The molecule has 0 unspecified atom stereocenters. The summed E-state index contributed by atoms with van der Waals surface area (Å²) in [4.78, 5) is 0. The molecule has 0 atom stereocenters. The van der Waals surface area contributed by atoms with Crippen molar-refractivity contribution < 1.29 is 35.0 Å². The summed E-state index contributed by atoms with van der Waals surface area (Å²) in [6, 6.07) is 0. The van der Waals surface area contributed by atoms with Crippen LogP contribution >= 0.6 is 0 Å². The van der Waals surface area contributed by atoms with Gasteiger partial charge in [0.25, 0.3) is 0 Å². The molecule has 0 bridgehead atoms. The van der Waals surface area contributed by atoms with Gasteiger partial charge >= 0.3 is 29.6 Å². The van der Waals surface area contributed by atoms with Crippen LogP contribution in [0.4, 0.5) is 0 Å². The summed E-state index contributed by atoms with van der Waals surface area (Å²) in [5, 5.41) is 0. The summed E-state index contributed by atoms with van der Waals surface area (Å²) in [6.07, 6.45) is 1.22. The average molecular weight is 112 g/mol. The van der Waals surface area contributed by atoms with Crippen LogP contribution in [0, 0.1) is 5.92 Å². The van der Waals surface area contributed by atoms with E-state index in [1.54, 1.807) is 0 Å². The molecule has 0 saturated heterocycles. The van der Waals surface area contributed by atoms with Crippen LogP contribution in [0.3, 0.4) is 0 Å². The molecule has 0 saturated carbocycles. The Labute approximate surface area is 68.1 Å². The first-order valence-corrected chi connectivity index (χ1v) is 2.06. The van der Waals surface area contributed by atoms with Crippen molar-refractivity contribution in [3.63, 3.8) is 0 Å². The number of rotatable bonds is 1. The van der Waals surface area contributed by atoms with E-state index in [9.17, 15) is 0 Å². The molecule has 1 nitrogen and oxygen atoms in total. The zero-order chi connectivity index (χ0) is 4.28. The van der Waals surface area contributed by atoms with Gasteiger partial charge in [0.15, 0.2) is 0 Å². The van der Waals surface area contributed by atoms with Gasteiger partial charge in [0.05, 0.1) is 0 Å². The van der Waals surface area contributed by atoms with Crippen molar-refractivity contribution >= 4 is 0 Å². The minimum Gasteiger partial charge on any atom is -0.412 e. The molecule has 0 radical (unpaired) electrons. The fourth-order valence-electron chi connectivity index (χ4n) is 0. The van der Waals surface area contributed by atoms with Gasteiger partial charge in [-0.15, -0.1) is 0 Å². The average Bonchev–Trinajstić information content (AvgIpc) is 1.38. The number of hydrogen-bond donors (Lipinski definition) is 0. The zero-order valence-electron chi connectivity index (χ0n) is 5.71. The van der Waals surface area contributed by atoms with E-state index in [1.807, 2.05) is 0 Å². The van der Waals surface area contributed by atoms with E-state index >= 15 is 0 Å². The molecule has 7 heavy (non-hydrogen) atoms. The number of hydrogen-bond acceptors (Lipinski definition) is 0. The van der Waals surface area contributed by atoms with Crippen LogP contribution in [-0.2, 0) is 0 Å². The quantitative estimate of drug-likeness (QED) is 0.283. The molecule has 0 spiro atoms. The second-order valence-corrected chi connectivity index (χ2v) is 1.56. The fraction of sp³-hybridized carbons (Fsp3) is 0.800. The normalized spacial score (nSPS) is 6.86. The van der Waals surface area contributed by atoms with E-state index in [-0.39, 0.29) is 35.0 Å². The minimum atomic E-state index is 0. The topological polar surface area (TPSA) is 31.5 Å². The third-order valence-corrected chi connectivity index (χ3v) is 0.707. The van der Waals surface area contributed by atoms with E-state index < -0.39 is 0 Å². The van der Waals surface area contributed by atoms with E-state index in [2.05, 4.69) is 20.8 Å². The van der Waals surface area contributed by atoms with Crippen molar-refractivity contribution in [1.82, 2.24) is 0 Å². The Morgan fingerprint density at radius 3 is 1.43 bits per heavy atom. The predicted molar refractivity (Wildman–Crippen MR) is 28.5 cm³/mol. The molecular weight excluding hydrogens is 99.0 g/mol. The molecule has 40 valence electrons. The van der Waals surface area contributed by atoms with E-state index in [0.29, 0.717) is 0 Å². The summed E-state index contributed by atoms with van der Waals surface area (Å²) in [6.45, 7) is 6.44. The smallest absolute Gasteiger partial charge is 0.412 e. The van der Waals surface area contributed by atoms with Gasteiger partial charge in [-0.3, -0.25) is 0 Å². The maximum absolute atomic E-state index is 2.16. The Bertz CT molecular complexity index is 22.0. The van der Waals surface area contributed by atoms with Crippen LogP contribution in [0.25, 0.3) is 0 Å². The molecule has 0 aliphatic rings. The molecule has 0 amide bonds. The third kappa shape index (κ3) is 19.5. The molecule has 0 aromatic heterocycles. The van der Waals surface area contributed by atoms with Crippen molar-refractivity contribution in [2.24, 2.45) is 0 Å². The monoisotopic (exact) mass is 112 g/mol. The van der Waals surface area contributed by atoms with Gasteiger partial charge < -0.3 is 11.4 Å². The molecule has 0 heterocycles. The van der Waals surface area contributed by atoms with Crippen LogP contribution in [0.2, 0.25) is 0 Å². The van der Waals surface area contributed by atoms with E-state index in [1.165, 1.54) is 12.3 Å². The largest absolute Gasteiger partial charge is 1.00 e. The van der Waals surface area contributed by atoms with E-state index in [0.717, 1.165) is 0 Å². The first-order valence-electron chi connectivity index (χ1n) is 2.06. The van der Waals surface area contributed by atoms with Gasteiger partial charge in [-0.1, -0.05) is 6.92 Å². The second kappa shape index (κ2) is 10.0. The van der Waals surface area contributed by atoms with Crippen LogP contribution in [0.15, 0.2) is 0 Å². The van der Waals surface area contributed by atoms with Crippen molar-refractivity contribution in [2.45, 2.75) is 27.2 Å². The maximum Gasteiger partial charge on any atom is 1.00 e. The molecule has 2 heteroatoms. The van der Waals surface area contributed by atoms with Gasteiger partial charge in [-0.25, -0.2) is 0 Å². The molecule has 0 fully saturated rings. The van der Waals surface area contributed by atoms with Crippen LogP contribution in [0.1, 0.15) is 27.2 Å². The van der Waals surface area contributed by atoms with Crippen LogP contribution in [-0.4, -0.2) is 5.48 Å². The summed E-state index contributed by atoms with van der Waals surface area (Å²) >= 11 is 0. The summed E-state index contributed by atoms with van der Waals surface area (Å²) < 4.78 is 0. The maximum atomic E-state index is 2.16. The van der Waals surface area contributed by atoms with Crippen LogP contribution < -0.4 is 29.6 Å². The van der Waals surface area contributed by atoms with Gasteiger partial charge in [-0.2, -0.15) is 20.3 Å². The first-order chi connectivity index (χ1) is 2.27. The van der Waals surface area contributed by atoms with Crippen molar-refractivity contribution in [2.75, 3.05) is 0 Å².